The first-order valence-corrected chi connectivity index (χ1v) is 6.25. The van der Waals surface area contributed by atoms with Crippen molar-refractivity contribution in [3.63, 3.8) is 0 Å². The normalized spacial score (nSPS) is 14.3. The number of hydrogen-bond donors (Lipinski definition) is 1. The number of amides is 1. The number of aromatic nitrogens is 1. The Morgan fingerprint density at radius 3 is 2.50 bits per heavy atom. The van der Waals surface area contributed by atoms with Gasteiger partial charge in [0.1, 0.15) is 17.4 Å². The Kier molecular flexibility index (Phi) is 4.70. The first kappa shape index (κ1) is 16.4. The molecular weight excluding hydrogens is 287 g/mol. The monoisotopic (exact) mass is 302 g/mol. The van der Waals surface area contributed by atoms with Crippen molar-refractivity contribution in [1.29, 1.82) is 0 Å². The molecule has 1 rings (SSSR count). The molecule has 1 N–H and O–H groups in total. The van der Waals surface area contributed by atoms with E-state index in [1.54, 1.807) is 20.8 Å². The highest BCUT2D eigenvalue weighted by molar-refractivity contribution is 6.31. The molecule has 0 bridgehead atoms. The van der Waals surface area contributed by atoms with E-state index >= 15 is 0 Å². The summed E-state index contributed by atoms with van der Waals surface area (Å²) >= 11 is 5.88. The summed E-state index contributed by atoms with van der Waals surface area (Å²) in [6.45, 7) is 6.32. The number of halogens is 2. The number of ether oxygens (including phenoxy) is 1. The highest BCUT2D eigenvalue weighted by atomic mass is 35.5. The fourth-order valence-corrected chi connectivity index (χ4v) is 1.87. The van der Waals surface area contributed by atoms with Crippen LogP contribution in [0.15, 0.2) is 12.3 Å². The predicted octanol–water partition coefficient (Wildman–Crippen LogP) is 2.81. The van der Waals surface area contributed by atoms with E-state index in [1.807, 2.05) is 0 Å². The van der Waals surface area contributed by atoms with Gasteiger partial charge in [0, 0.05) is 6.20 Å². The van der Waals surface area contributed by atoms with E-state index < -0.39 is 23.2 Å². The number of nitrogens with one attached hydrogen (secondary N) is 1. The summed E-state index contributed by atoms with van der Waals surface area (Å²) in [6.07, 6.45) is 0.689. The minimum Gasteiger partial charge on any atom is -0.444 e. The number of carbonyl (C=O) groups is 2. The van der Waals surface area contributed by atoms with Gasteiger partial charge < -0.3 is 14.8 Å². The summed E-state index contributed by atoms with van der Waals surface area (Å²) in [4.78, 5) is 26.5. The number of pyridine rings is 1. The average molecular weight is 303 g/mol. The van der Waals surface area contributed by atoms with Crippen LogP contribution in [-0.2, 0) is 15.1 Å². The molecular formula is C13H16ClFN2O3. The van der Waals surface area contributed by atoms with Crippen LogP contribution in [0.4, 0.5) is 9.18 Å². The van der Waals surface area contributed by atoms with Crippen LogP contribution in [0.3, 0.4) is 0 Å². The van der Waals surface area contributed by atoms with Gasteiger partial charge in [-0.15, -0.1) is 0 Å². The smallest absolute Gasteiger partial charge is 0.408 e. The van der Waals surface area contributed by atoms with Gasteiger partial charge in [-0.3, -0.25) is 0 Å². The van der Waals surface area contributed by atoms with E-state index in [2.05, 4.69) is 10.3 Å². The number of aldehydes is 1. The fraction of sp³-hybridized carbons (Fsp3) is 0.462. The zero-order valence-electron chi connectivity index (χ0n) is 11.7. The van der Waals surface area contributed by atoms with E-state index in [4.69, 9.17) is 16.3 Å². The highest BCUT2D eigenvalue weighted by Gasteiger charge is 2.35. The van der Waals surface area contributed by atoms with Crippen molar-refractivity contribution in [2.75, 3.05) is 0 Å². The molecule has 1 atom stereocenters. The Balaban J connectivity index is 3.10. The molecule has 0 saturated heterocycles. The summed E-state index contributed by atoms with van der Waals surface area (Å²) in [5.74, 6) is -0.928. The van der Waals surface area contributed by atoms with Crippen molar-refractivity contribution in [3.05, 3.63) is 28.8 Å². The topological polar surface area (TPSA) is 68.3 Å². The molecule has 0 aromatic carbocycles. The molecule has 0 spiro atoms. The maximum absolute atomic E-state index is 13.8. The summed E-state index contributed by atoms with van der Waals surface area (Å²) < 4.78 is 18.8. The minimum absolute atomic E-state index is 0.0110. The van der Waals surface area contributed by atoms with Crippen LogP contribution in [0.25, 0.3) is 0 Å². The lowest BCUT2D eigenvalue weighted by atomic mass is 9.95. The maximum atomic E-state index is 13.8. The molecule has 1 amide bonds. The van der Waals surface area contributed by atoms with E-state index in [1.165, 1.54) is 19.2 Å². The van der Waals surface area contributed by atoms with Gasteiger partial charge in [-0.2, -0.15) is 4.39 Å². The van der Waals surface area contributed by atoms with Gasteiger partial charge in [0.15, 0.2) is 0 Å². The molecule has 110 valence electrons. The molecule has 1 aromatic rings. The lowest BCUT2D eigenvalue weighted by molar-refractivity contribution is -0.113. The first-order valence-electron chi connectivity index (χ1n) is 5.87. The van der Waals surface area contributed by atoms with Gasteiger partial charge in [0.2, 0.25) is 5.95 Å². The Bertz CT molecular complexity index is 511. The molecule has 0 aliphatic rings. The quantitative estimate of drug-likeness (QED) is 0.688. The molecule has 20 heavy (non-hydrogen) atoms. The van der Waals surface area contributed by atoms with Gasteiger partial charge in [0.25, 0.3) is 0 Å². The van der Waals surface area contributed by atoms with E-state index in [0.717, 1.165) is 0 Å². The first-order chi connectivity index (χ1) is 9.09. The molecule has 5 nitrogen and oxygen atoms in total. The van der Waals surface area contributed by atoms with Crippen LogP contribution in [0, 0.1) is 5.95 Å². The zero-order chi connectivity index (χ0) is 15.6. The van der Waals surface area contributed by atoms with Crippen LogP contribution in [-0.4, -0.2) is 23.0 Å². The van der Waals surface area contributed by atoms with Gasteiger partial charge >= 0.3 is 6.09 Å². The fourth-order valence-electron chi connectivity index (χ4n) is 1.54. The highest BCUT2D eigenvalue weighted by Crippen LogP contribution is 2.28. The molecule has 0 fully saturated rings. The number of rotatable bonds is 3. The van der Waals surface area contributed by atoms with E-state index in [0.29, 0.717) is 6.29 Å². The van der Waals surface area contributed by atoms with Crippen molar-refractivity contribution < 1.29 is 18.7 Å². The van der Waals surface area contributed by atoms with Gasteiger partial charge in [-0.25, -0.2) is 9.78 Å². The molecule has 1 unspecified atom stereocenters. The third-order valence-corrected chi connectivity index (χ3v) is 2.68. The molecule has 0 aliphatic heterocycles. The Hall–Kier alpha value is -1.69. The molecule has 0 radical (unpaired) electrons. The predicted molar refractivity (Wildman–Crippen MR) is 72.0 cm³/mol. The van der Waals surface area contributed by atoms with Crippen molar-refractivity contribution >= 4 is 24.0 Å². The molecule has 1 aromatic heterocycles. The summed E-state index contributed by atoms with van der Waals surface area (Å²) in [5.41, 5.74) is -2.62. The summed E-state index contributed by atoms with van der Waals surface area (Å²) in [7, 11) is 0. The van der Waals surface area contributed by atoms with E-state index in [-0.39, 0.29) is 10.6 Å². The Morgan fingerprint density at radius 2 is 2.05 bits per heavy atom. The average Bonchev–Trinajstić information content (AvgIpc) is 2.25. The Morgan fingerprint density at radius 1 is 1.45 bits per heavy atom. The summed E-state index contributed by atoms with van der Waals surface area (Å²) in [5, 5.41) is 2.29. The van der Waals surface area contributed by atoms with Crippen molar-refractivity contribution in [3.8, 4) is 0 Å². The molecule has 1 heterocycles. The second-order valence-corrected chi connectivity index (χ2v) is 5.81. The van der Waals surface area contributed by atoms with Crippen LogP contribution in [0.2, 0.25) is 5.02 Å². The second-order valence-electron chi connectivity index (χ2n) is 5.41. The standard InChI is InChI=1S/C13H16ClFN2O3/c1-12(2,3)20-11(19)17-13(4,7-18)9-8(14)5-6-16-10(9)15/h5-7H,1-4H3,(H,17,19). The number of hydrogen-bond acceptors (Lipinski definition) is 4. The second kappa shape index (κ2) is 5.75. The number of alkyl carbamates (subject to hydrolysis) is 1. The third-order valence-electron chi connectivity index (χ3n) is 2.37. The molecule has 7 heteroatoms. The zero-order valence-corrected chi connectivity index (χ0v) is 12.4. The van der Waals surface area contributed by atoms with Crippen molar-refractivity contribution in [1.82, 2.24) is 10.3 Å². The van der Waals surface area contributed by atoms with Crippen LogP contribution >= 0.6 is 11.6 Å². The van der Waals surface area contributed by atoms with Crippen LogP contribution < -0.4 is 5.32 Å². The number of nitrogens with zero attached hydrogens (tertiary/aromatic N) is 1. The van der Waals surface area contributed by atoms with Crippen LogP contribution in [0.1, 0.15) is 33.3 Å². The Labute approximate surface area is 121 Å². The third kappa shape index (κ3) is 3.90. The summed E-state index contributed by atoms with van der Waals surface area (Å²) in [6, 6.07) is 1.33. The lowest BCUT2D eigenvalue weighted by Crippen LogP contribution is -2.47. The van der Waals surface area contributed by atoms with Gasteiger partial charge in [-0.1, -0.05) is 11.6 Å². The van der Waals surface area contributed by atoms with Gasteiger partial charge in [0.05, 0.1) is 10.6 Å². The maximum Gasteiger partial charge on any atom is 0.408 e. The minimum atomic E-state index is -1.67. The van der Waals surface area contributed by atoms with Gasteiger partial charge in [-0.05, 0) is 33.8 Å². The largest absolute Gasteiger partial charge is 0.444 e. The van der Waals surface area contributed by atoms with Crippen molar-refractivity contribution in [2.24, 2.45) is 0 Å². The molecule has 0 saturated carbocycles. The SMILES string of the molecule is CC(C)(C)OC(=O)NC(C)(C=O)c1c(Cl)ccnc1F. The van der Waals surface area contributed by atoms with Crippen molar-refractivity contribution in [2.45, 2.75) is 38.8 Å². The lowest BCUT2D eigenvalue weighted by Gasteiger charge is -2.28. The van der Waals surface area contributed by atoms with E-state index in [9.17, 15) is 14.0 Å². The molecule has 0 aliphatic carbocycles. The van der Waals surface area contributed by atoms with Crippen LogP contribution in [0.5, 0.6) is 0 Å². The number of carbonyl (C=O) groups excluding carboxylic acids is 2.